The number of pyridine rings is 1. The van der Waals surface area contributed by atoms with Crippen LogP contribution in [0.25, 0.3) is 0 Å². The molecule has 0 bridgehead atoms. The van der Waals surface area contributed by atoms with Crippen molar-refractivity contribution in [3.63, 3.8) is 0 Å². The number of urea groups is 1. The van der Waals surface area contributed by atoms with Crippen LogP contribution in [0, 0.1) is 28.6 Å². The molecule has 2 saturated carbocycles. The van der Waals surface area contributed by atoms with Gasteiger partial charge in [-0.3, -0.25) is 9.78 Å². The molecule has 2 amide bonds. The first-order chi connectivity index (χ1) is 16.0. The van der Waals surface area contributed by atoms with Crippen LogP contribution in [-0.2, 0) is 0 Å². The van der Waals surface area contributed by atoms with Crippen LogP contribution >= 0.6 is 0 Å². The molecule has 7 nitrogen and oxygen atoms in total. The number of anilines is 1. The Morgan fingerprint density at radius 3 is 2.44 bits per heavy atom. The van der Waals surface area contributed by atoms with E-state index in [4.69, 9.17) is 0 Å². The van der Waals surface area contributed by atoms with E-state index in [1.807, 2.05) is 6.92 Å². The van der Waals surface area contributed by atoms with Crippen LogP contribution in [-0.4, -0.2) is 33.1 Å². The average Bonchev–Trinajstić information content (AvgIpc) is 2.74. The zero-order valence-corrected chi connectivity index (χ0v) is 20.3. The van der Waals surface area contributed by atoms with Gasteiger partial charge >= 0.3 is 6.03 Å². The van der Waals surface area contributed by atoms with E-state index < -0.39 is 0 Å². The Kier molecular flexibility index (Phi) is 6.32. The molecule has 2 fully saturated rings. The van der Waals surface area contributed by atoms with Crippen LogP contribution in [0.3, 0.4) is 0 Å². The van der Waals surface area contributed by atoms with Gasteiger partial charge in [0, 0.05) is 29.8 Å². The second kappa shape index (κ2) is 8.93. The van der Waals surface area contributed by atoms with Crippen LogP contribution < -0.4 is 10.6 Å². The lowest BCUT2D eigenvalue weighted by Crippen LogP contribution is -2.61. The molecule has 1 aromatic carbocycles. The molecule has 182 valence electrons. The number of phenolic OH excluding ortho intramolecular Hbond substituents is 2. The number of phenols is 2. The number of ketones is 1. The van der Waals surface area contributed by atoms with Crippen molar-refractivity contribution in [2.24, 2.45) is 28.6 Å². The van der Waals surface area contributed by atoms with Gasteiger partial charge in [-0.15, -0.1) is 0 Å². The molecule has 1 aromatic heterocycles. The Bertz CT molecular complexity index is 1050. The van der Waals surface area contributed by atoms with Crippen LogP contribution in [0.4, 0.5) is 10.5 Å². The van der Waals surface area contributed by atoms with Crippen LogP contribution in [0.5, 0.6) is 11.5 Å². The summed E-state index contributed by atoms with van der Waals surface area (Å²) in [7, 11) is 0. The number of benzene rings is 1. The molecule has 2 aromatic rings. The minimum atomic E-state index is -0.365. The summed E-state index contributed by atoms with van der Waals surface area (Å²) in [6, 6.07) is 7.09. The molecule has 0 spiro atoms. The summed E-state index contributed by atoms with van der Waals surface area (Å²) >= 11 is 0. The van der Waals surface area contributed by atoms with E-state index >= 15 is 0 Å². The van der Waals surface area contributed by atoms with E-state index in [2.05, 4.69) is 36.4 Å². The number of fused-ring (bicyclic) bond motifs is 1. The van der Waals surface area contributed by atoms with Crippen molar-refractivity contribution in [3.05, 3.63) is 48.3 Å². The number of nitrogens with zero attached hydrogens (tertiary/aromatic N) is 1. The number of carbonyl (C=O) groups is 2. The molecular weight excluding hydrogens is 430 g/mol. The van der Waals surface area contributed by atoms with Crippen molar-refractivity contribution in [2.75, 3.05) is 5.32 Å². The van der Waals surface area contributed by atoms with Crippen LogP contribution in [0.2, 0.25) is 0 Å². The summed E-state index contributed by atoms with van der Waals surface area (Å²) in [4.78, 5) is 30.8. The number of carbonyl (C=O) groups excluding carboxylic acids is 2. The van der Waals surface area contributed by atoms with E-state index in [0.717, 1.165) is 25.7 Å². The molecule has 0 aliphatic heterocycles. The Labute approximate surface area is 201 Å². The van der Waals surface area contributed by atoms with Crippen molar-refractivity contribution in [1.29, 1.82) is 0 Å². The number of hydrogen-bond acceptors (Lipinski definition) is 5. The second-order valence-electron chi connectivity index (χ2n) is 11.0. The van der Waals surface area contributed by atoms with Gasteiger partial charge in [0.25, 0.3) is 0 Å². The highest BCUT2D eigenvalue weighted by Crippen LogP contribution is 2.61. The smallest absolute Gasteiger partial charge is 0.319 e. The number of rotatable bonds is 4. The zero-order chi connectivity index (χ0) is 24.7. The maximum Gasteiger partial charge on any atom is 0.319 e. The SMILES string of the molecule is C[C@H]1[C@H](NC(=O)Nc2cccnc2)C[C@H]2C(C)(C)CCC[C@]2(C)[C@H]1C(=O)c1cc(O)cc(O)c1. The lowest BCUT2D eigenvalue weighted by molar-refractivity contribution is -0.0897. The van der Waals surface area contributed by atoms with Crippen molar-refractivity contribution in [2.45, 2.75) is 59.4 Å². The van der Waals surface area contributed by atoms with Gasteiger partial charge in [0.1, 0.15) is 11.5 Å². The van der Waals surface area contributed by atoms with Gasteiger partial charge in [-0.1, -0.05) is 34.1 Å². The fourth-order valence-corrected chi connectivity index (χ4v) is 6.85. The van der Waals surface area contributed by atoms with Gasteiger partial charge < -0.3 is 20.8 Å². The van der Waals surface area contributed by atoms with E-state index in [-0.39, 0.29) is 57.9 Å². The highest BCUT2D eigenvalue weighted by Gasteiger charge is 2.58. The Morgan fingerprint density at radius 2 is 1.79 bits per heavy atom. The fourth-order valence-electron chi connectivity index (χ4n) is 6.85. The minimum Gasteiger partial charge on any atom is -0.508 e. The van der Waals surface area contributed by atoms with Gasteiger partial charge in [0.05, 0.1) is 11.9 Å². The second-order valence-corrected chi connectivity index (χ2v) is 11.0. The van der Waals surface area contributed by atoms with Gasteiger partial charge in [0.2, 0.25) is 0 Å². The Morgan fingerprint density at radius 1 is 1.09 bits per heavy atom. The molecule has 4 N–H and O–H groups in total. The third-order valence-electron chi connectivity index (χ3n) is 8.34. The standard InChI is InChI=1S/C27H35N3O4/c1-16-21(30-25(34)29-18-7-5-10-28-15-18)14-22-26(2,3)8-6-9-27(22,4)23(16)24(33)17-11-19(31)13-20(32)12-17/h5,7,10-13,15-16,21-23,31-32H,6,8-9,14H2,1-4H3,(H2,29,30,34)/t16-,21+,22-,23+,27-/m0/s1. The zero-order valence-electron chi connectivity index (χ0n) is 20.3. The Hall–Kier alpha value is -3.09. The fraction of sp³-hybridized carbons (Fsp3) is 0.519. The average molecular weight is 466 g/mol. The Balaban J connectivity index is 1.67. The van der Waals surface area contributed by atoms with Gasteiger partial charge in [-0.2, -0.15) is 0 Å². The van der Waals surface area contributed by atoms with E-state index in [1.54, 1.807) is 24.5 Å². The molecule has 5 atom stereocenters. The van der Waals surface area contributed by atoms with E-state index in [0.29, 0.717) is 11.3 Å². The van der Waals surface area contributed by atoms with Crippen LogP contribution in [0.15, 0.2) is 42.7 Å². The molecule has 0 radical (unpaired) electrons. The lowest BCUT2D eigenvalue weighted by atomic mass is 9.45. The maximum atomic E-state index is 13.9. The number of nitrogens with one attached hydrogen (secondary N) is 2. The predicted molar refractivity (Wildman–Crippen MR) is 131 cm³/mol. The largest absolute Gasteiger partial charge is 0.508 e. The highest BCUT2D eigenvalue weighted by molar-refractivity contribution is 5.99. The molecule has 34 heavy (non-hydrogen) atoms. The number of Topliss-reactive ketones (excluding diaryl/α,β-unsaturated/α-hetero) is 1. The summed E-state index contributed by atoms with van der Waals surface area (Å²) < 4.78 is 0. The van der Waals surface area contributed by atoms with Crippen molar-refractivity contribution >= 4 is 17.5 Å². The summed E-state index contributed by atoms with van der Waals surface area (Å²) in [5.74, 6) is -0.634. The van der Waals surface area contributed by atoms with Gasteiger partial charge in [-0.05, 0) is 66.2 Å². The number of aromatic hydroxyl groups is 2. The molecule has 2 aliphatic carbocycles. The molecular formula is C27H35N3O4. The van der Waals surface area contributed by atoms with Crippen molar-refractivity contribution < 1.29 is 19.8 Å². The molecule has 7 heteroatoms. The maximum absolute atomic E-state index is 13.9. The topological polar surface area (TPSA) is 112 Å². The summed E-state index contributed by atoms with van der Waals surface area (Å²) in [6.07, 6.45) is 7.08. The molecule has 0 saturated heterocycles. The number of amides is 2. The van der Waals surface area contributed by atoms with Gasteiger partial charge in [-0.25, -0.2) is 4.79 Å². The summed E-state index contributed by atoms with van der Waals surface area (Å²) in [6.45, 7) is 8.77. The number of aromatic nitrogens is 1. The van der Waals surface area contributed by atoms with Crippen molar-refractivity contribution in [1.82, 2.24) is 10.3 Å². The normalized spacial score (nSPS) is 30.1. The molecule has 0 unspecified atom stereocenters. The molecule has 2 aliphatic rings. The van der Waals surface area contributed by atoms with Crippen LogP contribution in [0.1, 0.15) is 63.7 Å². The third-order valence-corrected chi connectivity index (χ3v) is 8.34. The summed E-state index contributed by atoms with van der Waals surface area (Å²) in [5, 5.41) is 26.0. The first-order valence-electron chi connectivity index (χ1n) is 12.1. The quantitative estimate of drug-likeness (QED) is 0.455. The monoisotopic (exact) mass is 465 g/mol. The lowest BCUT2D eigenvalue weighted by Gasteiger charge is -2.60. The number of hydrogen-bond donors (Lipinski definition) is 4. The van der Waals surface area contributed by atoms with E-state index in [9.17, 15) is 19.8 Å². The first kappa shape index (κ1) is 24.0. The predicted octanol–water partition coefficient (Wildman–Crippen LogP) is 5.35. The highest BCUT2D eigenvalue weighted by atomic mass is 16.3. The molecule has 4 rings (SSSR count). The summed E-state index contributed by atoms with van der Waals surface area (Å²) in [5.41, 5.74) is 0.677. The van der Waals surface area contributed by atoms with E-state index in [1.165, 1.54) is 18.2 Å². The molecule has 1 heterocycles. The third kappa shape index (κ3) is 4.48. The minimum absolute atomic E-state index is 0.0202. The van der Waals surface area contributed by atoms with Gasteiger partial charge in [0.15, 0.2) is 5.78 Å². The first-order valence-corrected chi connectivity index (χ1v) is 12.1. The van der Waals surface area contributed by atoms with Crippen molar-refractivity contribution in [3.8, 4) is 11.5 Å².